The van der Waals surface area contributed by atoms with E-state index in [1.54, 1.807) is 42.2 Å². The number of piperazine rings is 1. The van der Waals surface area contributed by atoms with Crippen LogP contribution in [-0.4, -0.2) is 84.1 Å². The van der Waals surface area contributed by atoms with Gasteiger partial charge in [0.15, 0.2) is 0 Å². The highest BCUT2D eigenvalue weighted by molar-refractivity contribution is 6.42. The van der Waals surface area contributed by atoms with Crippen LogP contribution in [0.25, 0.3) is 0 Å². The molecule has 2 aromatic rings. The number of ether oxygens (including phenoxy) is 1. The first kappa shape index (κ1) is 31.5. The number of hydrogen-bond acceptors (Lipinski definition) is 5. The van der Waals surface area contributed by atoms with Crippen molar-refractivity contribution in [1.29, 1.82) is 0 Å². The fourth-order valence-corrected chi connectivity index (χ4v) is 5.64. The zero-order valence-electron chi connectivity index (χ0n) is 22.7. The SMILES string of the molecule is C[C@H]1C(=O)N([C@@H](CCN2CCCCC2)COC(=O)Nc2ccc(Cl)c(Cl)c2)CCN1C(=O)Nc1ccc(Cl)c(Cl)c1. The van der Waals surface area contributed by atoms with E-state index in [0.717, 1.165) is 32.5 Å². The Morgan fingerprint density at radius 3 is 2.10 bits per heavy atom. The maximum absolute atomic E-state index is 13.6. The van der Waals surface area contributed by atoms with Crippen LogP contribution >= 0.6 is 46.4 Å². The molecule has 2 N–H and O–H groups in total. The fraction of sp³-hybridized carbons (Fsp3) is 0.464. The Balaban J connectivity index is 1.39. The summed E-state index contributed by atoms with van der Waals surface area (Å²) in [6.07, 6.45) is 3.49. The molecule has 222 valence electrons. The molecule has 0 unspecified atom stereocenters. The summed E-state index contributed by atoms with van der Waals surface area (Å²) in [5.41, 5.74) is 0.924. The van der Waals surface area contributed by atoms with Gasteiger partial charge in [0.05, 0.1) is 26.1 Å². The van der Waals surface area contributed by atoms with Gasteiger partial charge in [0, 0.05) is 31.0 Å². The van der Waals surface area contributed by atoms with Gasteiger partial charge in [-0.25, -0.2) is 9.59 Å². The van der Waals surface area contributed by atoms with Crippen molar-refractivity contribution in [2.24, 2.45) is 0 Å². The Kier molecular flexibility index (Phi) is 11.3. The van der Waals surface area contributed by atoms with Crippen LogP contribution < -0.4 is 10.6 Å². The Hall–Kier alpha value is -2.43. The van der Waals surface area contributed by atoms with E-state index in [1.165, 1.54) is 17.4 Å². The van der Waals surface area contributed by atoms with Gasteiger partial charge in [-0.1, -0.05) is 52.8 Å². The third-order valence-electron chi connectivity index (χ3n) is 7.36. The van der Waals surface area contributed by atoms with Crippen LogP contribution in [-0.2, 0) is 9.53 Å². The average Bonchev–Trinajstić information content (AvgIpc) is 2.95. The molecule has 2 aliphatic rings. The smallest absolute Gasteiger partial charge is 0.411 e. The summed E-state index contributed by atoms with van der Waals surface area (Å²) in [6.45, 7) is 5.13. The maximum Gasteiger partial charge on any atom is 0.411 e. The van der Waals surface area contributed by atoms with Gasteiger partial charge in [0.25, 0.3) is 0 Å². The predicted octanol–water partition coefficient (Wildman–Crippen LogP) is 6.86. The van der Waals surface area contributed by atoms with Crippen LogP contribution in [0.1, 0.15) is 32.6 Å². The van der Waals surface area contributed by atoms with Gasteiger partial charge in [0.2, 0.25) is 5.91 Å². The van der Waals surface area contributed by atoms with E-state index in [4.69, 9.17) is 51.1 Å². The lowest BCUT2D eigenvalue weighted by Crippen LogP contribution is -2.61. The van der Waals surface area contributed by atoms with Crippen molar-refractivity contribution >= 4 is 75.8 Å². The monoisotopic (exact) mass is 643 g/mol. The second-order valence-corrected chi connectivity index (χ2v) is 11.8. The molecular weight excluding hydrogens is 612 g/mol. The summed E-state index contributed by atoms with van der Waals surface area (Å²) in [6, 6.07) is 8.05. The van der Waals surface area contributed by atoms with Crippen molar-refractivity contribution in [3.63, 3.8) is 0 Å². The zero-order chi connectivity index (χ0) is 29.5. The van der Waals surface area contributed by atoms with Crippen molar-refractivity contribution in [2.45, 2.75) is 44.7 Å². The summed E-state index contributed by atoms with van der Waals surface area (Å²) in [5, 5.41) is 6.82. The lowest BCUT2D eigenvalue weighted by Gasteiger charge is -2.43. The highest BCUT2D eigenvalue weighted by atomic mass is 35.5. The number of carbonyl (C=O) groups is 3. The number of rotatable bonds is 8. The van der Waals surface area contributed by atoms with E-state index in [1.807, 2.05) is 0 Å². The summed E-state index contributed by atoms with van der Waals surface area (Å²) in [4.78, 5) is 44.8. The standard InChI is InChI=1S/C28H33Cl4N5O4/c1-18-26(38)37(14-13-36(18)27(39)33-19-5-7-22(29)24(31)15-19)21(9-12-35-10-3-2-4-11-35)17-41-28(40)34-20-6-8-23(30)25(32)16-20/h5-8,15-16,18,21H,2-4,9-14,17H2,1H3,(H,33,39)(H,34,40)/t18-,21-/m0/s1. The van der Waals surface area contributed by atoms with Gasteiger partial charge in [-0.3, -0.25) is 10.1 Å². The molecule has 2 aliphatic heterocycles. The molecule has 0 radical (unpaired) electrons. The summed E-state index contributed by atoms with van der Waals surface area (Å²) in [7, 11) is 0. The number of urea groups is 1. The minimum atomic E-state index is -0.714. The zero-order valence-corrected chi connectivity index (χ0v) is 25.7. The van der Waals surface area contributed by atoms with E-state index >= 15 is 0 Å². The lowest BCUT2D eigenvalue weighted by molar-refractivity contribution is -0.143. The highest BCUT2D eigenvalue weighted by Gasteiger charge is 2.38. The first-order chi connectivity index (χ1) is 19.6. The molecule has 9 nitrogen and oxygen atoms in total. The molecule has 0 aromatic heterocycles. The van der Waals surface area contributed by atoms with E-state index in [0.29, 0.717) is 51.0 Å². The number of amides is 4. The van der Waals surface area contributed by atoms with Crippen LogP contribution in [0.15, 0.2) is 36.4 Å². The molecule has 0 aliphatic carbocycles. The Labute approximate surface area is 260 Å². The molecule has 41 heavy (non-hydrogen) atoms. The van der Waals surface area contributed by atoms with Crippen LogP contribution in [0.5, 0.6) is 0 Å². The molecule has 0 saturated carbocycles. The minimum Gasteiger partial charge on any atom is -0.447 e. The number of nitrogens with zero attached hydrogens (tertiary/aromatic N) is 3. The lowest BCUT2D eigenvalue weighted by atomic mass is 10.1. The van der Waals surface area contributed by atoms with Gasteiger partial charge in [-0.15, -0.1) is 0 Å². The molecule has 4 amide bonds. The Morgan fingerprint density at radius 2 is 1.49 bits per heavy atom. The average molecular weight is 645 g/mol. The van der Waals surface area contributed by atoms with Gasteiger partial charge in [0.1, 0.15) is 12.6 Å². The predicted molar refractivity (Wildman–Crippen MR) is 163 cm³/mol. The first-order valence-corrected chi connectivity index (χ1v) is 15.1. The molecular formula is C28H33Cl4N5O4. The fourth-order valence-electron chi connectivity index (χ4n) is 5.05. The van der Waals surface area contributed by atoms with E-state index in [2.05, 4.69) is 15.5 Å². The molecule has 2 heterocycles. The Morgan fingerprint density at radius 1 is 0.878 bits per heavy atom. The van der Waals surface area contributed by atoms with Crippen LogP contribution in [0.3, 0.4) is 0 Å². The van der Waals surface area contributed by atoms with Crippen molar-refractivity contribution in [2.75, 3.05) is 50.0 Å². The van der Waals surface area contributed by atoms with Crippen LogP contribution in [0.4, 0.5) is 21.0 Å². The molecule has 4 rings (SSSR count). The third kappa shape index (κ3) is 8.55. The summed E-state index contributed by atoms with van der Waals surface area (Å²) in [5.74, 6) is -0.210. The third-order valence-corrected chi connectivity index (χ3v) is 8.84. The number of anilines is 2. The number of nitrogens with one attached hydrogen (secondary N) is 2. The summed E-state index contributed by atoms with van der Waals surface area (Å²) < 4.78 is 5.57. The van der Waals surface area contributed by atoms with Crippen molar-refractivity contribution in [3.8, 4) is 0 Å². The minimum absolute atomic E-state index is 0.00885. The number of likely N-dealkylation sites (tertiary alicyclic amines) is 1. The number of hydrogen-bond donors (Lipinski definition) is 2. The first-order valence-electron chi connectivity index (χ1n) is 13.6. The number of piperidine rings is 1. The maximum atomic E-state index is 13.6. The molecule has 0 bridgehead atoms. The largest absolute Gasteiger partial charge is 0.447 e. The number of benzene rings is 2. The molecule has 13 heteroatoms. The van der Waals surface area contributed by atoms with Crippen molar-refractivity contribution in [3.05, 3.63) is 56.5 Å². The van der Waals surface area contributed by atoms with Gasteiger partial charge < -0.3 is 24.8 Å². The number of carbonyl (C=O) groups excluding carboxylic acids is 3. The summed E-state index contributed by atoms with van der Waals surface area (Å²) >= 11 is 24.0. The molecule has 2 fully saturated rings. The second-order valence-electron chi connectivity index (χ2n) is 10.2. The second kappa shape index (κ2) is 14.6. The van der Waals surface area contributed by atoms with E-state index < -0.39 is 18.2 Å². The molecule has 0 spiro atoms. The molecule has 2 saturated heterocycles. The number of halogens is 4. The van der Waals surface area contributed by atoms with Crippen LogP contribution in [0, 0.1) is 0 Å². The highest BCUT2D eigenvalue weighted by Crippen LogP contribution is 2.27. The van der Waals surface area contributed by atoms with Gasteiger partial charge >= 0.3 is 12.1 Å². The van der Waals surface area contributed by atoms with Gasteiger partial charge in [-0.2, -0.15) is 0 Å². The van der Waals surface area contributed by atoms with Crippen LogP contribution in [0.2, 0.25) is 20.1 Å². The molecule has 2 aromatic carbocycles. The Bertz CT molecular complexity index is 1260. The molecule has 2 atom stereocenters. The normalized spacial score (nSPS) is 18.7. The topological polar surface area (TPSA) is 94.2 Å². The van der Waals surface area contributed by atoms with Crippen molar-refractivity contribution < 1.29 is 19.1 Å². The van der Waals surface area contributed by atoms with Gasteiger partial charge in [-0.05, 0) is 75.7 Å². The van der Waals surface area contributed by atoms with Crippen molar-refractivity contribution in [1.82, 2.24) is 14.7 Å². The van der Waals surface area contributed by atoms with E-state index in [-0.39, 0.29) is 18.6 Å². The quantitative estimate of drug-likeness (QED) is 0.328. The van der Waals surface area contributed by atoms with E-state index in [9.17, 15) is 14.4 Å².